The monoisotopic (exact) mass is 274 g/mol. The summed E-state index contributed by atoms with van der Waals surface area (Å²) in [5, 5.41) is 3.36. The van der Waals surface area contributed by atoms with Crippen LogP contribution in [0, 0.1) is 0 Å². The lowest BCUT2D eigenvalue weighted by molar-refractivity contribution is 0.415. The van der Waals surface area contributed by atoms with Crippen molar-refractivity contribution >= 4 is 18.8 Å². The number of rotatable bonds is 5. The van der Waals surface area contributed by atoms with Crippen molar-refractivity contribution in [3.05, 3.63) is 29.0 Å². The summed E-state index contributed by atoms with van der Waals surface area (Å²) < 4.78 is 5.43. The van der Waals surface area contributed by atoms with Gasteiger partial charge in [0.25, 0.3) is 0 Å². The number of methoxy groups -OCH3 is 1. The summed E-state index contributed by atoms with van der Waals surface area (Å²) in [4.78, 5) is 0. The molecule has 0 spiro atoms. The first-order chi connectivity index (χ1) is 9.06. The predicted octanol–water partition coefficient (Wildman–Crippen LogP) is 4.52. The number of fused-ring (bicyclic) bond motifs is 1. The van der Waals surface area contributed by atoms with Crippen molar-refractivity contribution < 1.29 is 4.74 Å². The second-order valence-corrected chi connectivity index (χ2v) is 10.4. The standard InChI is InChI=1S/C17H26OSi/c1-6-8-14-15-11-10-13(18-3)12-17(15)19(4,5)16(14)9-7-2/h10-12H,6-9H2,1-5H3. The first-order valence-electron chi connectivity index (χ1n) is 7.47. The third-order valence-corrected chi connectivity index (χ3v) is 8.16. The number of hydrogen-bond acceptors (Lipinski definition) is 1. The lowest BCUT2D eigenvalue weighted by Crippen LogP contribution is -2.41. The number of benzene rings is 1. The lowest BCUT2D eigenvalue weighted by atomic mass is 10.00. The van der Waals surface area contributed by atoms with E-state index in [2.05, 4.69) is 45.1 Å². The van der Waals surface area contributed by atoms with Crippen LogP contribution in [-0.2, 0) is 0 Å². The van der Waals surface area contributed by atoms with Gasteiger partial charge in [0.2, 0.25) is 0 Å². The molecule has 1 aliphatic heterocycles. The summed E-state index contributed by atoms with van der Waals surface area (Å²) in [5.74, 6) is 1.01. The Morgan fingerprint density at radius 2 is 1.74 bits per heavy atom. The largest absolute Gasteiger partial charge is 0.497 e. The Morgan fingerprint density at radius 1 is 1.05 bits per heavy atom. The van der Waals surface area contributed by atoms with Crippen molar-refractivity contribution in [2.24, 2.45) is 0 Å². The van der Waals surface area contributed by atoms with Crippen molar-refractivity contribution in [2.75, 3.05) is 7.11 Å². The summed E-state index contributed by atoms with van der Waals surface area (Å²) in [7, 11) is 0.303. The van der Waals surface area contributed by atoms with Crippen LogP contribution in [0.1, 0.15) is 45.1 Å². The van der Waals surface area contributed by atoms with Crippen LogP contribution in [0.3, 0.4) is 0 Å². The van der Waals surface area contributed by atoms with Crippen LogP contribution < -0.4 is 9.92 Å². The summed E-state index contributed by atoms with van der Waals surface area (Å²) in [6, 6.07) is 6.70. The first-order valence-corrected chi connectivity index (χ1v) is 10.5. The van der Waals surface area contributed by atoms with Gasteiger partial charge in [0.05, 0.1) is 7.11 Å². The van der Waals surface area contributed by atoms with Gasteiger partial charge in [-0.2, -0.15) is 0 Å². The lowest BCUT2D eigenvalue weighted by Gasteiger charge is -2.22. The molecule has 1 aromatic carbocycles. The maximum atomic E-state index is 5.43. The second-order valence-electron chi connectivity index (χ2n) is 5.99. The molecule has 0 atom stereocenters. The fourth-order valence-corrected chi connectivity index (χ4v) is 7.01. The van der Waals surface area contributed by atoms with Gasteiger partial charge in [0, 0.05) is 0 Å². The van der Waals surface area contributed by atoms with Crippen molar-refractivity contribution in [1.29, 1.82) is 0 Å². The van der Waals surface area contributed by atoms with E-state index in [0.717, 1.165) is 5.75 Å². The van der Waals surface area contributed by atoms with E-state index in [1.165, 1.54) is 31.2 Å². The highest BCUT2D eigenvalue weighted by Crippen LogP contribution is 2.39. The van der Waals surface area contributed by atoms with Gasteiger partial charge in [-0.25, -0.2) is 0 Å². The Labute approximate surface area is 118 Å². The number of hydrogen-bond donors (Lipinski definition) is 0. The van der Waals surface area contributed by atoms with E-state index in [1.54, 1.807) is 23.1 Å². The minimum Gasteiger partial charge on any atom is -0.497 e. The Morgan fingerprint density at radius 3 is 2.32 bits per heavy atom. The molecule has 0 aliphatic carbocycles. The fourth-order valence-electron chi connectivity index (χ4n) is 3.38. The smallest absolute Gasteiger partial charge is 0.118 e. The summed E-state index contributed by atoms with van der Waals surface area (Å²) >= 11 is 0. The van der Waals surface area contributed by atoms with E-state index in [4.69, 9.17) is 4.74 Å². The minimum atomic E-state index is -1.46. The third kappa shape index (κ3) is 2.38. The SMILES string of the molecule is CCCC1=C(CCC)[Si](C)(C)c2cc(OC)ccc21. The van der Waals surface area contributed by atoms with Crippen molar-refractivity contribution in [3.63, 3.8) is 0 Å². The van der Waals surface area contributed by atoms with Gasteiger partial charge < -0.3 is 4.74 Å². The molecular formula is C17H26OSi. The zero-order valence-corrected chi connectivity index (χ0v) is 14.0. The molecule has 1 nitrogen and oxygen atoms in total. The van der Waals surface area contributed by atoms with E-state index in [0.29, 0.717) is 0 Å². The normalized spacial score (nSPS) is 16.7. The zero-order chi connectivity index (χ0) is 14.0. The number of ether oxygens (including phenoxy) is 1. The molecule has 1 heterocycles. The molecule has 2 rings (SSSR count). The molecule has 0 saturated heterocycles. The van der Waals surface area contributed by atoms with Gasteiger partial charge in [-0.3, -0.25) is 0 Å². The summed E-state index contributed by atoms with van der Waals surface area (Å²) in [6.07, 6.45) is 4.99. The Hall–Kier alpha value is -1.02. The predicted molar refractivity (Wildman–Crippen MR) is 86.8 cm³/mol. The van der Waals surface area contributed by atoms with Gasteiger partial charge in [-0.1, -0.05) is 51.0 Å². The molecule has 0 unspecified atom stereocenters. The van der Waals surface area contributed by atoms with Crippen molar-refractivity contribution in [3.8, 4) is 5.75 Å². The Kier molecular flexibility index (Phi) is 4.19. The Bertz CT molecular complexity index is 500. The topological polar surface area (TPSA) is 9.23 Å². The average Bonchev–Trinajstić information content (AvgIpc) is 2.60. The summed E-state index contributed by atoms with van der Waals surface area (Å²) in [5.41, 5.74) is 3.17. The van der Waals surface area contributed by atoms with E-state index < -0.39 is 8.07 Å². The third-order valence-electron chi connectivity index (χ3n) is 4.34. The quantitative estimate of drug-likeness (QED) is 0.717. The highest BCUT2D eigenvalue weighted by Gasteiger charge is 2.38. The van der Waals surface area contributed by atoms with Crippen LogP contribution >= 0.6 is 0 Å². The fraction of sp³-hybridized carbons (Fsp3) is 0.529. The second kappa shape index (κ2) is 5.54. The van der Waals surface area contributed by atoms with Crippen LogP contribution in [0.25, 0.3) is 5.57 Å². The van der Waals surface area contributed by atoms with Gasteiger partial charge >= 0.3 is 0 Å². The maximum absolute atomic E-state index is 5.43. The molecule has 0 N–H and O–H groups in total. The molecule has 0 aromatic heterocycles. The van der Waals surface area contributed by atoms with E-state index in [9.17, 15) is 0 Å². The maximum Gasteiger partial charge on any atom is 0.118 e. The van der Waals surface area contributed by atoms with Gasteiger partial charge in [-0.05, 0) is 41.3 Å². The van der Waals surface area contributed by atoms with Gasteiger partial charge in [0.15, 0.2) is 0 Å². The molecule has 2 heteroatoms. The van der Waals surface area contributed by atoms with Crippen molar-refractivity contribution in [1.82, 2.24) is 0 Å². The van der Waals surface area contributed by atoms with Crippen LogP contribution in [-0.4, -0.2) is 15.2 Å². The highest BCUT2D eigenvalue weighted by molar-refractivity contribution is 6.98. The minimum absolute atomic E-state index is 1.01. The first kappa shape index (κ1) is 14.4. The molecule has 0 radical (unpaired) electrons. The Balaban J connectivity index is 2.56. The molecule has 0 saturated carbocycles. The van der Waals surface area contributed by atoms with Crippen molar-refractivity contribution in [2.45, 2.75) is 52.6 Å². The van der Waals surface area contributed by atoms with Gasteiger partial charge in [-0.15, -0.1) is 0 Å². The molecule has 19 heavy (non-hydrogen) atoms. The highest BCUT2D eigenvalue weighted by atomic mass is 28.3. The van der Waals surface area contributed by atoms with Crippen LogP contribution in [0.4, 0.5) is 0 Å². The zero-order valence-electron chi connectivity index (χ0n) is 13.0. The van der Waals surface area contributed by atoms with Crippen LogP contribution in [0.5, 0.6) is 5.75 Å². The van der Waals surface area contributed by atoms with Crippen LogP contribution in [0.2, 0.25) is 13.1 Å². The number of allylic oxidation sites excluding steroid dienone is 2. The molecule has 1 aromatic rings. The average molecular weight is 274 g/mol. The van der Waals surface area contributed by atoms with Gasteiger partial charge in [0.1, 0.15) is 13.8 Å². The van der Waals surface area contributed by atoms with E-state index in [1.807, 2.05) is 0 Å². The van der Waals surface area contributed by atoms with Crippen LogP contribution in [0.15, 0.2) is 23.4 Å². The molecule has 104 valence electrons. The molecule has 0 fully saturated rings. The molecule has 1 aliphatic rings. The van der Waals surface area contributed by atoms with E-state index in [-0.39, 0.29) is 0 Å². The van der Waals surface area contributed by atoms with E-state index >= 15 is 0 Å². The molecule has 0 amide bonds. The molecular weight excluding hydrogens is 248 g/mol. The molecule has 0 bridgehead atoms. The summed E-state index contributed by atoms with van der Waals surface area (Å²) in [6.45, 7) is 9.58.